The number of anilines is 2. The Balaban J connectivity index is 1.26. The van der Waals surface area contributed by atoms with Gasteiger partial charge in [-0.2, -0.15) is 0 Å². The molecule has 1 atom stereocenters. The number of carbonyl (C=O) groups excluding carboxylic acids is 2. The molecular formula is C30H31FN4O2. The third-order valence-electron chi connectivity index (χ3n) is 6.97. The predicted octanol–water partition coefficient (Wildman–Crippen LogP) is 5.71. The van der Waals surface area contributed by atoms with Crippen LogP contribution in [-0.2, 0) is 11.3 Å². The third kappa shape index (κ3) is 5.89. The normalized spacial score (nSPS) is 17.2. The molecule has 0 spiro atoms. The summed E-state index contributed by atoms with van der Waals surface area (Å²) in [5, 5.41) is 9.02. The molecule has 5 rings (SSSR count). The van der Waals surface area contributed by atoms with E-state index in [9.17, 15) is 14.0 Å². The van der Waals surface area contributed by atoms with E-state index in [1.165, 1.54) is 37.0 Å². The molecule has 3 N–H and O–H groups in total. The highest BCUT2D eigenvalue weighted by Crippen LogP contribution is 2.33. The fourth-order valence-electron chi connectivity index (χ4n) is 4.82. The van der Waals surface area contributed by atoms with Crippen molar-refractivity contribution >= 4 is 28.8 Å². The lowest BCUT2D eigenvalue weighted by Crippen LogP contribution is -2.29. The van der Waals surface area contributed by atoms with Crippen molar-refractivity contribution in [3.63, 3.8) is 0 Å². The Bertz CT molecular complexity index is 1310. The average molecular weight is 499 g/mol. The summed E-state index contributed by atoms with van der Waals surface area (Å²) in [5.41, 5.74) is 5.21. The third-order valence-corrected chi connectivity index (χ3v) is 6.97. The molecule has 37 heavy (non-hydrogen) atoms. The van der Waals surface area contributed by atoms with E-state index in [0.717, 1.165) is 30.9 Å². The molecule has 0 aliphatic carbocycles. The van der Waals surface area contributed by atoms with Gasteiger partial charge in [0, 0.05) is 35.2 Å². The second-order valence-electron chi connectivity index (χ2n) is 9.70. The molecule has 0 unspecified atom stereocenters. The first-order chi connectivity index (χ1) is 18.0. The number of nitrogens with one attached hydrogen (secondary N) is 3. The average Bonchev–Trinajstić information content (AvgIpc) is 3.23. The van der Waals surface area contributed by atoms with Crippen molar-refractivity contribution in [1.29, 1.82) is 0 Å². The lowest BCUT2D eigenvalue weighted by Gasteiger charge is -2.26. The zero-order valence-corrected chi connectivity index (χ0v) is 20.9. The van der Waals surface area contributed by atoms with E-state index < -0.39 is 0 Å². The lowest BCUT2D eigenvalue weighted by molar-refractivity contribution is -0.110. The van der Waals surface area contributed by atoms with Gasteiger partial charge in [-0.05, 0) is 86.4 Å². The Morgan fingerprint density at radius 1 is 1.03 bits per heavy atom. The minimum absolute atomic E-state index is 0.221. The summed E-state index contributed by atoms with van der Waals surface area (Å²) in [6.45, 7) is 5.12. The predicted molar refractivity (Wildman–Crippen MR) is 145 cm³/mol. The van der Waals surface area contributed by atoms with Crippen LogP contribution in [0.25, 0.3) is 5.57 Å². The molecule has 6 nitrogen and oxygen atoms in total. The van der Waals surface area contributed by atoms with Crippen LogP contribution in [-0.4, -0.2) is 29.8 Å². The molecule has 2 aliphatic heterocycles. The smallest absolute Gasteiger partial charge is 0.257 e. The van der Waals surface area contributed by atoms with E-state index in [0.29, 0.717) is 22.4 Å². The summed E-state index contributed by atoms with van der Waals surface area (Å²) in [6, 6.07) is 19.2. The van der Waals surface area contributed by atoms with Gasteiger partial charge in [0.25, 0.3) is 11.8 Å². The number of carbonyl (C=O) groups is 2. The maximum Gasteiger partial charge on any atom is 0.257 e. The number of hydrogen-bond acceptors (Lipinski definition) is 4. The summed E-state index contributed by atoms with van der Waals surface area (Å²) >= 11 is 0. The van der Waals surface area contributed by atoms with Gasteiger partial charge in [-0.1, -0.05) is 30.7 Å². The van der Waals surface area contributed by atoms with Gasteiger partial charge in [0.15, 0.2) is 0 Å². The summed E-state index contributed by atoms with van der Waals surface area (Å²) < 4.78 is 13.2. The first-order valence-electron chi connectivity index (χ1n) is 12.8. The zero-order chi connectivity index (χ0) is 25.8. The summed E-state index contributed by atoms with van der Waals surface area (Å²) in [7, 11) is 0. The second-order valence-corrected chi connectivity index (χ2v) is 9.70. The first kappa shape index (κ1) is 24.7. The SMILES string of the molecule is C[C@H](NC(=O)c1ccc2c(c1)C(=CNc1ccc(CN3CCCCC3)cc1)C(=O)N2)c1ccc(F)cc1. The molecule has 2 heterocycles. The van der Waals surface area contributed by atoms with Gasteiger partial charge in [-0.25, -0.2) is 4.39 Å². The van der Waals surface area contributed by atoms with Gasteiger partial charge in [0.1, 0.15) is 5.82 Å². The number of hydrogen-bond donors (Lipinski definition) is 3. The van der Waals surface area contributed by atoms with Crippen molar-refractivity contribution in [3.8, 4) is 0 Å². The first-order valence-corrected chi connectivity index (χ1v) is 12.8. The van der Waals surface area contributed by atoms with Crippen LogP contribution in [0.2, 0.25) is 0 Å². The Morgan fingerprint density at radius 2 is 1.76 bits per heavy atom. The summed E-state index contributed by atoms with van der Waals surface area (Å²) in [6.07, 6.45) is 5.55. The monoisotopic (exact) mass is 498 g/mol. The lowest BCUT2D eigenvalue weighted by atomic mass is 10.0. The molecule has 3 aromatic carbocycles. The molecule has 3 aromatic rings. The Morgan fingerprint density at radius 3 is 2.49 bits per heavy atom. The van der Waals surface area contributed by atoms with Crippen LogP contribution in [0.5, 0.6) is 0 Å². The van der Waals surface area contributed by atoms with Gasteiger partial charge >= 0.3 is 0 Å². The fraction of sp³-hybridized carbons (Fsp3) is 0.267. The minimum atomic E-state index is -0.320. The van der Waals surface area contributed by atoms with E-state index in [4.69, 9.17) is 0 Å². The molecule has 1 saturated heterocycles. The maximum atomic E-state index is 13.2. The summed E-state index contributed by atoms with van der Waals surface area (Å²) in [4.78, 5) is 28.0. The van der Waals surface area contributed by atoms with Crippen molar-refractivity contribution in [2.45, 2.75) is 38.8 Å². The van der Waals surface area contributed by atoms with Gasteiger partial charge in [-0.3, -0.25) is 14.5 Å². The number of piperidine rings is 1. The molecule has 2 aliphatic rings. The largest absolute Gasteiger partial charge is 0.361 e. The van der Waals surface area contributed by atoms with E-state index >= 15 is 0 Å². The van der Waals surface area contributed by atoms with Crippen molar-refractivity contribution in [2.75, 3.05) is 23.7 Å². The maximum absolute atomic E-state index is 13.2. The van der Waals surface area contributed by atoms with E-state index in [1.807, 2.05) is 19.1 Å². The molecular weight excluding hydrogens is 467 g/mol. The molecule has 1 fully saturated rings. The van der Waals surface area contributed by atoms with Crippen LogP contribution in [0, 0.1) is 5.82 Å². The van der Waals surface area contributed by atoms with Gasteiger partial charge in [0.05, 0.1) is 11.6 Å². The second kappa shape index (κ2) is 11.0. The number of nitrogens with zero attached hydrogens (tertiary/aromatic N) is 1. The van der Waals surface area contributed by atoms with Crippen LogP contribution in [0.3, 0.4) is 0 Å². The molecule has 0 radical (unpaired) electrons. The van der Waals surface area contributed by atoms with Gasteiger partial charge in [-0.15, -0.1) is 0 Å². The summed E-state index contributed by atoms with van der Waals surface area (Å²) in [5.74, 6) is -0.809. The van der Waals surface area contributed by atoms with Crippen molar-refractivity contribution in [2.24, 2.45) is 0 Å². The van der Waals surface area contributed by atoms with Crippen LogP contribution in [0.15, 0.2) is 72.9 Å². The quantitative estimate of drug-likeness (QED) is 0.365. The van der Waals surface area contributed by atoms with Crippen molar-refractivity contribution in [3.05, 3.63) is 101 Å². The molecule has 0 saturated carbocycles. The Hall–Kier alpha value is -3.97. The Kier molecular flexibility index (Phi) is 7.32. The Labute approximate surface area is 216 Å². The number of amides is 2. The van der Waals surface area contributed by atoms with Crippen molar-refractivity contribution in [1.82, 2.24) is 10.2 Å². The molecule has 190 valence electrons. The fourth-order valence-corrected chi connectivity index (χ4v) is 4.82. The minimum Gasteiger partial charge on any atom is -0.361 e. The van der Waals surface area contributed by atoms with Crippen LogP contribution < -0.4 is 16.0 Å². The molecule has 0 aromatic heterocycles. The number of halogens is 1. The van der Waals surface area contributed by atoms with E-state index in [-0.39, 0.29) is 23.7 Å². The van der Waals surface area contributed by atoms with Gasteiger partial charge in [0.2, 0.25) is 0 Å². The molecule has 7 heteroatoms. The van der Waals surface area contributed by atoms with E-state index in [1.54, 1.807) is 36.5 Å². The van der Waals surface area contributed by atoms with Crippen LogP contribution in [0.4, 0.5) is 15.8 Å². The van der Waals surface area contributed by atoms with Gasteiger partial charge < -0.3 is 16.0 Å². The highest BCUT2D eigenvalue weighted by molar-refractivity contribution is 6.32. The van der Waals surface area contributed by atoms with Crippen LogP contribution >= 0.6 is 0 Å². The molecule has 0 bridgehead atoms. The highest BCUT2D eigenvalue weighted by Gasteiger charge is 2.25. The number of rotatable bonds is 7. The molecule has 2 amide bonds. The zero-order valence-electron chi connectivity index (χ0n) is 20.9. The number of benzene rings is 3. The van der Waals surface area contributed by atoms with Crippen molar-refractivity contribution < 1.29 is 14.0 Å². The topological polar surface area (TPSA) is 73.5 Å². The standard InChI is InChI=1S/C30H31FN4O2/c1-20(22-7-10-24(31)11-8-22)33-29(36)23-9-14-28-26(17-23)27(30(37)34-28)18-32-25-12-5-21(6-13-25)19-35-15-3-2-4-16-35/h5-14,17-18,20,32H,2-4,15-16,19H2,1H3,(H,33,36)(H,34,37)/t20-/m0/s1. The number of likely N-dealkylation sites (tertiary alicyclic amines) is 1. The number of fused-ring (bicyclic) bond motifs is 1. The van der Waals surface area contributed by atoms with E-state index in [2.05, 4.69) is 33.0 Å². The highest BCUT2D eigenvalue weighted by atomic mass is 19.1. The van der Waals surface area contributed by atoms with Crippen LogP contribution in [0.1, 0.15) is 59.3 Å².